The first-order chi connectivity index (χ1) is 8.96. The maximum Gasteiger partial charge on any atom is 0.250 e. The monoisotopic (exact) mass is 286 g/mol. The van der Waals surface area contributed by atoms with Gasteiger partial charge in [-0.3, -0.25) is 9.52 Å². The Morgan fingerprint density at radius 3 is 2.63 bits per heavy atom. The lowest BCUT2D eigenvalue weighted by atomic mass is 10.3. The molecule has 7 heteroatoms. The molecule has 2 N–H and O–H groups in total. The van der Waals surface area contributed by atoms with Crippen LogP contribution in [0.1, 0.15) is 13.3 Å². The van der Waals surface area contributed by atoms with Crippen LogP contribution in [0.4, 0.5) is 11.4 Å². The molecule has 1 aromatic rings. The zero-order chi connectivity index (χ0) is 14.3. The van der Waals surface area contributed by atoms with Gasteiger partial charge < -0.3 is 10.1 Å². The number of carbonyl (C=O) groups is 1. The van der Waals surface area contributed by atoms with Gasteiger partial charge in [0.05, 0.1) is 11.4 Å². The molecule has 0 spiro atoms. The second-order valence-corrected chi connectivity index (χ2v) is 5.82. The van der Waals surface area contributed by atoms with Crippen molar-refractivity contribution in [3.8, 4) is 0 Å². The van der Waals surface area contributed by atoms with Crippen LogP contribution in [-0.2, 0) is 19.6 Å². The van der Waals surface area contributed by atoms with E-state index < -0.39 is 10.0 Å². The molecule has 1 aromatic carbocycles. The minimum absolute atomic E-state index is 0.0498. The molecule has 0 radical (unpaired) electrons. The van der Waals surface area contributed by atoms with Gasteiger partial charge in [-0.2, -0.15) is 0 Å². The summed E-state index contributed by atoms with van der Waals surface area (Å²) in [6.07, 6.45) is 0.541. The summed E-state index contributed by atoms with van der Waals surface area (Å²) in [6, 6.07) is 6.51. The molecule has 0 saturated heterocycles. The number of hydrogen-bond donors (Lipinski definition) is 2. The minimum Gasteiger partial charge on any atom is -0.375 e. The molecule has 106 valence electrons. The average Bonchev–Trinajstić information content (AvgIpc) is 2.28. The zero-order valence-corrected chi connectivity index (χ0v) is 11.8. The summed E-state index contributed by atoms with van der Waals surface area (Å²) < 4.78 is 30.4. The predicted octanol–water partition coefficient (Wildman–Crippen LogP) is 1.42. The van der Waals surface area contributed by atoms with E-state index in [-0.39, 0.29) is 18.3 Å². The fraction of sp³-hybridized carbons (Fsp3) is 0.417. The van der Waals surface area contributed by atoms with E-state index in [0.717, 1.165) is 0 Å². The van der Waals surface area contributed by atoms with Crippen molar-refractivity contribution in [2.24, 2.45) is 0 Å². The first-order valence-corrected chi connectivity index (χ1v) is 7.51. The van der Waals surface area contributed by atoms with Crippen LogP contribution in [0.2, 0.25) is 0 Å². The third-order valence-corrected chi connectivity index (χ3v) is 3.66. The molecule has 1 rings (SSSR count). The normalized spacial score (nSPS) is 11.1. The van der Waals surface area contributed by atoms with E-state index >= 15 is 0 Å². The minimum atomic E-state index is -3.33. The largest absolute Gasteiger partial charge is 0.375 e. The first kappa shape index (κ1) is 15.5. The average molecular weight is 286 g/mol. The van der Waals surface area contributed by atoms with Crippen molar-refractivity contribution < 1.29 is 17.9 Å². The van der Waals surface area contributed by atoms with Crippen LogP contribution in [0.3, 0.4) is 0 Å². The number of methoxy groups -OCH3 is 1. The van der Waals surface area contributed by atoms with E-state index in [1.54, 1.807) is 31.2 Å². The van der Waals surface area contributed by atoms with Gasteiger partial charge in [0.15, 0.2) is 0 Å². The number of ether oxygens (including phenoxy) is 1. The lowest BCUT2D eigenvalue weighted by molar-refractivity contribution is -0.119. The molecule has 0 unspecified atom stereocenters. The summed E-state index contributed by atoms with van der Waals surface area (Å²) in [7, 11) is -1.90. The third-order valence-electron chi connectivity index (χ3n) is 2.17. The Bertz CT molecular complexity index is 528. The Morgan fingerprint density at radius 1 is 1.32 bits per heavy atom. The van der Waals surface area contributed by atoms with Gasteiger partial charge in [-0.15, -0.1) is 0 Å². The Kier molecular flexibility index (Phi) is 5.78. The van der Waals surface area contributed by atoms with Crippen LogP contribution in [0, 0.1) is 0 Å². The topological polar surface area (TPSA) is 84.5 Å². The lowest BCUT2D eigenvalue weighted by Crippen LogP contribution is -2.18. The number of rotatable bonds is 7. The molecular weight excluding hydrogens is 268 g/mol. The fourth-order valence-electron chi connectivity index (χ4n) is 1.49. The highest BCUT2D eigenvalue weighted by atomic mass is 32.2. The fourth-order valence-corrected chi connectivity index (χ4v) is 2.61. The van der Waals surface area contributed by atoms with Crippen molar-refractivity contribution in [3.05, 3.63) is 24.3 Å². The number of carbonyl (C=O) groups excluding carboxylic acids is 1. The number of sulfonamides is 1. The molecular formula is C12H18N2O4S. The first-order valence-electron chi connectivity index (χ1n) is 5.86. The summed E-state index contributed by atoms with van der Waals surface area (Å²) in [6.45, 7) is 1.74. The van der Waals surface area contributed by atoms with E-state index in [4.69, 9.17) is 4.74 Å². The summed E-state index contributed by atoms with van der Waals surface area (Å²) >= 11 is 0. The van der Waals surface area contributed by atoms with Crippen LogP contribution < -0.4 is 10.0 Å². The van der Waals surface area contributed by atoms with Crippen LogP contribution in [0.15, 0.2) is 24.3 Å². The quantitative estimate of drug-likeness (QED) is 0.794. The van der Waals surface area contributed by atoms with E-state index in [9.17, 15) is 13.2 Å². The van der Waals surface area contributed by atoms with Gasteiger partial charge in [-0.25, -0.2) is 8.42 Å². The Labute approximate surface area is 113 Å². The van der Waals surface area contributed by atoms with Crippen molar-refractivity contribution in [2.75, 3.05) is 29.5 Å². The molecule has 0 aromatic heterocycles. The van der Waals surface area contributed by atoms with E-state index in [1.807, 2.05) is 0 Å². The van der Waals surface area contributed by atoms with Gasteiger partial charge >= 0.3 is 0 Å². The molecule has 0 atom stereocenters. The highest BCUT2D eigenvalue weighted by Gasteiger charge is 2.09. The molecule has 0 fully saturated rings. The molecule has 0 aliphatic carbocycles. The van der Waals surface area contributed by atoms with Crippen molar-refractivity contribution in [2.45, 2.75) is 13.3 Å². The predicted molar refractivity (Wildman–Crippen MR) is 74.6 cm³/mol. The van der Waals surface area contributed by atoms with Crippen LogP contribution >= 0.6 is 0 Å². The Morgan fingerprint density at radius 2 is 2.00 bits per heavy atom. The number of anilines is 2. The summed E-state index contributed by atoms with van der Waals surface area (Å²) in [5.41, 5.74) is 0.933. The van der Waals surface area contributed by atoms with Crippen molar-refractivity contribution >= 4 is 27.3 Å². The number of hydrogen-bond acceptors (Lipinski definition) is 4. The van der Waals surface area contributed by atoms with Crippen LogP contribution in [-0.4, -0.2) is 33.8 Å². The smallest absolute Gasteiger partial charge is 0.250 e. The second kappa shape index (κ2) is 7.10. The molecule has 19 heavy (non-hydrogen) atoms. The maximum absolute atomic E-state index is 11.6. The lowest BCUT2D eigenvalue weighted by Gasteiger charge is -2.09. The van der Waals surface area contributed by atoms with Crippen LogP contribution in [0.5, 0.6) is 0 Å². The molecule has 1 amide bonds. The molecule has 0 aliphatic heterocycles. The number of nitrogens with one attached hydrogen (secondary N) is 2. The molecule has 0 aliphatic rings. The van der Waals surface area contributed by atoms with Crippen LogP contribution in [0.25, 0.3) is 0 Å². The molecule has 0 saturated carbocycles. The molecule has 0 heterocycles. The highest BCUT2D eigenvalue weighted by Crippen LogP contribution is 2.16. The van der Waals surface area contributed by atoms with E-state index in [1.165, 1.54) is 7.11 Å². The Balaban J connectivity index is 2.75. The summed E-state index contributed by atoms with van der Waals surface area (Å²) in [4.78, 5) is 11.3. The number of amides is 1. The third kappa shape index (κ3) is 5.71. The van der Waals surface area contributed by atoms with E-state index in [0.29, 0.717) is 17.8 Å². The van der Waals surface area contributed by atoms with Gasteiger partial charge in [-0.1, -0.05) is 13.0 Å². The van der Waals surface area contributed by atoms with Gasteiger partial charge in [0.25, 0.3) is 0 Å². The second-order valence-electron chi connectivity index (χ2n) is 3.98. The van der Waals surface area contributed by atoms with Crippen molar-refractivity contribution in [3.63, 3.8) is 0 Å². The van der Waals surface area contributed by atoms with Gasteiger partial charge in [0.1, 0.15) is 6.61 Å². The summed E-state index contributed by atoms with van der Waals surface area (Å²) in [5.74, 6) is -0.233. The van der Waals surface area contributed by atoms with Crippen molar-refractivity contribution in [1.29, 1.82) is 0 Å². The Hall–Kier alpha value is -1.60. The number of benzene rings is 1. The zero-order valence-electron chi connectivity index (χ0n) is 11.0. The standard InChI is InChI=1S/C12H18N2O4S/c1-3-7-19(16,17)14-11-6-4-5-10(8-11)13-12(15)9-18-2/h4-6,8,14H,3,7,9H2,1-2H3,(H,13,15). The highest BCUT2D eigenvalue weighted by molar-refractivity contribution is 7.92. The SMILES string of the molecule is CCCS(=O)(=O)Nc1cccc(NC(=O)COC)c1. The van der Waals surface area contributed by atoms with Gasteiger partial charge in [0, 0.05) is 12.8 Å². The van der Waals surface area contributed by atoms with Gasteiger partial charge in [-0.05, 0) is 24.6 Å². The maximum atomic E-state index is 11.6. The van der Waals surface area contributed by atoms with Crippen molar-refractivity contribution in [1.82, 2.24) is 0 Å². The molecule has 6 nitrogen and oxygen atoms in total. The molecule has 0 bridgehead atoms. The van der Waals surface area contributed by atoms with Gasteiger partial charge in [0.2, 0.25) is 15.9 Å². The summed E-state index contributed by atoms with van der Waals surface area (Å²) in [5, 5.41) is 2.60. The van der Waals surface area contributed by atoms with E-state index in [2.05, 4.69) is 10.0 Å².